The lowest BCUT2D eigenvalue weighted by molar-refractivity contribution is 0.700. The second-order valence-corrected chi connectivity index (χ2v) is 5.91. The summed E-state index contributed by atoms with van der Waals surface area (Å²) in [7, 11) is 0. The maximum absolute atomic E-state index is 5.92. The van der Waals surface area contributed by atoms with E-state index in [4.69, 9.17) is 17.4 Å². The molecule has 4 N–H and O–H groups in total. The molecule has 6 heteroatoms. The average molecular weight is 379 g/mol. The average Bonchev–Trinajstić information content (AvgIpc) is 2.84. The number of rotatable bonds is 2. The van der Waals surface area contributed by atoms with Gasteiger partial charge in [-0.15, -0.1) is 0 Å². The molecular formula is C12H16ClIN4. The van der Waals surface area contributed by atoms with Crippen LogP contribution in [0.5, 0.6) is 0 Å². The van der Waals surface area contributed by atoms with E-state index in [9.17, 15) is 0 Å². The normalized spacial score (nSPS) is 16.9. The van der Waals surface area contributed by atoms with Gasteiger partial charge in [-0.1, -0.05) is 24.4 Å². The Morgan fingerprint density at radius 3 is 2.72 bits per heavy atom. The van der Waals surface area contributed by atoms with Crippen LogP contribution in [0.1, 0.15) is 25.7 Å². The Labute approximate surface area is 125 Å². The zero-order chi connectivity index (χ0) is 13.0. The van der Waals surface area contributed by atoms with Crippen LogP contribution in [-0.2, 0) is 0 Å². The summed E-state index contributed by atoms with van der Waals surface area (Å²) < 4.78 is 1.04. The van der Waals surface area contributed by atoms with Crippen molar-refractivity contribution in [3.05, 3.63) is 26.8 Å². The van der Waals surface area contributed by atoms with Gasteiger partial charge in [0.15, 0.2) is 0 Å². The molecule has 98 valence electrons. The molecule has 0 unspecified atom stereocenters. The van der Waals surface area contributed by atoms with Gasteiger partial charge in [-0.25, -0.2) is 10.8 Å². The van der Waals surface area contributed by atoms with Gasteiger partial charge in [0.25, 0.3) is 0 Å². The van der Waals surface area contributed by atoms with Gasteiger partial charge in [0, 0.05) is 8.59 Å². The number of guanidine groups is 1. The molecule has 1 aliphatic rings. The molecule has 4 nitrogen and oxygen atoms in total. The molecule has 0 heterocycles. The smallest absolute Gasteiger partial charge is 0.210 e. The SMILES string of the molecule is NNC(=NC1CCCC1)Nc1ccc(Cl)cc1I. The minimum absolute atomic E-state index is 0.383. The summed E-state index contributed by atoms with van der Waals surface area (Å²) in [5, 5.41) is 3.92. The molecule has 1 fully saturated rings. The number of aliphatic imine (C=N–C) groups is 1. The summed E-state index contributed by atoms with van der Waals surface area (Å²) in [5.74, 6) is 6.12. The fourth-order valence-corrected chi connectivity index (χ4v) is 3.05. The van der Waals surface area contributed by atoms with Crippen molar-refractivity contribution in [1.82, 2.24) is 5.43 Å². The molecule has 1 aromatic rings. The van der Waals surface area contributed by atoms with Gasteiger partial charge in [0.05, 0.1) is 11.7 Å². The lowest BCUT2D eigenvalue weighted by Gasteiger charge is -2.13. The molecule has 0 aromatic heterocycles. The lowest BCUT2D eigenvalue weighted by Crippen LogP contribution is -2.37. The Morgan fingerprint density at radius 2 is 2.11 bits per heavy atom. The Kier molecular flexibility index (Phi) is 5.08. The molecule has 18 heavy (non-hydrogen) atoms. The fourth-order valence-electron chi connectivity index (χ4n) is 2.04. The second kappa shape index (κ2) is 6.58. The standard InChI is InChI=1S/C12H16ClIN4/c13-8-5-6-11(10(14)7-8)17-12(18-15)16-9-3-1-2-4-9/h5-7,9H,1-4,15H2,(H2,16,17,18). The first-order valence-corrected chi connectivity index (χ1v) is 7.41. The maximum Gasteiger partial charge on any atom is 0.210 e. The molecule has 0 saturated heterocycles. The van der Waals surface area contributed by atoms with E-state index in [1.54, 1.807) is 0 Å². The highest BCUT2D eigenvalue weighted by Gasteiger charge is 2.14. The highest BCUT2D eigenvalue weighted by molar-refractivity contribution is 14.1. The topological polar surface area (TPSA) is 62.4 Å². The minimum Gasteiger partial charge on any atom is -0.324 e. The molecular weight excluding hydrogens is 363 g/mol. The van der Waals surface area contributed by atoms with E-state index in [-0.39, 0.29) is 0 Å². The Hall–Kier alpha value is -0.530. The van der Waals surface area contributed by atoms with Gasteiger partial charge in [-0.3, -0.25) is 5.43 Å². The van der Waals surface area contributed by atoms with Crippen LogP contribution in [0.2, 0.25) is 5.02 Å². The molecule has 0 bridgehead atoms. The number of nitrogens with one attached hydrogen (secondary N) is 2. The van der Waals surface area contributed by atoms with E-state index >= 15 is 0 Å². The summed E-state index contributed by atoms with van der Waals surface area (Å²) in [6.45, 7) is 0. The highest BCUT2D eigenvalue weighted by atomic mass is 127. The number of nitrogens with two attached hydrogens (primary N) is 1. The molecule has 0 atom stereocenters. The van der Waals surface area contributed by atoms with Crippen LogP contribution < -0.4 is 16.6 Å². The van der Waals surface area contributed by atoms with E-state index in [1.165, 1.54) is 12.8 Å². The van der Waals surface area contributed by atoms with Crippen LogP contribution in [0.25, 0.3) is 0 Å². The van der Waals surface area contributed by atoms with Gasteiger partial charge < -0.3 is 5.32 Å². The second-order valence-electron chi connectivity index (χ2n) is 4.31. The summed E-state index contributed by atoms with van der Waals surface area (Å²) >= 11 is 8.15. The molecule has 0 spiro atoms. The number of anilines is 1. The van der Waals surface area contributed by atoms with Gasteiger partial charge in [0.1, 0.15) is 0 Å². The lowest BCUT2D eigenvalue weighted by atomic mass is 10.3. The minimum atomic E-state index is 0.383. The Bertz CT molecular complexity index is 444. The molecule has 0 radical (unpaired) electrons. The monoisotopic (exact) mass is 378 g/mol. The first-order valence-electron chi connectivity index (χ1n) is 5.95. The number of nitrogens with zero attached hydrogens (tertiary/aromatic N) is 1. The van der Waals surface area contributed by atoms with Crippen molar-refractivity contribution in [3.8, 4) is 0 Å². The zero-order valence-electron chi connectivity index (χ0n) is 9.92. The molecule has 1 aliphatic carbocycles. The number of hydrogen-bond acceptors (Lipinski definition) is 2. The molecule has 2 rings (SSSR count). The van der Waals surface area contributed by atoms with E-state index in [0.717, 1.165) is 27.1 Å². The third-order valence-corrected chi connectivity index (χ3v) is 4.08. The summed E-state index contributed by atoms with van der Waals surface area (Å²) in [6.07, 6.45) is 4.80. The predicted octanol–water partition coefficient (Wildman–Crippen LogP) is 3.12. The summed E-state index contributed by atoms with van der Waals surface area (Å²) in [4.78, 5) is 4.59. The number of hydrogen-bond donors (Lipinski definition) is 3. The van der Waals surface area contributed by atoms with Gasteiger partial charge in [-0.2, -0.15) is 0 Å². The summed E-state index contributed by atoms with van der Waals surface area (Å²) in [5.41, 5.74) is 3.58. The van der Waals surface area contributed by atoms with Crippen molar-refractivity contribution in [2.75, 3.05) is 5.32 Å². The van der Waals surface area contributed by atoms with Crippen molar-refractivity contribution < 1.29 is 0 Å². The number of hydrazine groups is 1. The van der Waals surface area contributed by atoms with Gasteiger partial charge in [0.2, 0.25) is 5.96 Å². The van der Waals surface area contributed by atoms with Gasteiger partial charge in [-0.05, 0) is 53.6 Å². The van der Waals surface area contributed by atoms with Crippen molar-refractivity contribution in [2.24, 2.45) is 10.8 Å². The predicted molar refractivity (Wildman–Crippen MR) is 84.8 cm³/mol. The van der Waals surface area contributed by atoms with E-state index in [1.807, 2.05) is 18.2 Å². The fraction of sp³-hybridized carbons (Fsp3) is 0.417. The molecule has 1 saturated carbocycles. The van der Waals surface area contributed by atoms with Crippen molar-refractivity contribution in [3.63, 3.8) is 0 Å². The Morgan fingerprint density at radius 1 is 1.39 bits per heavy atom. The first kappa shape index (κ1) is 13.9. The Balaban J connectivity index is 2.09. The summed E-state index contributed by atoms with van der Waals surface area (Å²) in [6, 6.07) is 6.05. The van der Waals surface area contributed by atoms with Crippen LogP contribution in [0.4, 0.5) is 5.69 Å². The van der Waals surface area contributed by atoms with Crippen LogP contribution >= 0.6 is 34.2 Å². The van der Waals surface area contributed by atoms with E-state index in [2.05, 4.69) is 38.3 Å². The van der Waals surface area contributed by atoms with E-state index < -0.39 is 0 Å². The van der Waals surface area contributed by atoms with Gasteiger partial charge >= 0.3 is 0 Å². The van der Waals surface area contributed by atoms with Crippen molar-refractivity contribution in [2.45, 2.75) is 31.7 Å². The third-order valence-electron chi connectivity index (χ3n) is 2.96. The van der Waals surface area contributed by atoms with Crippen LogP contribution in [0, 0.1) is 3.57 Å². The molecule has 0 aliphatic heterocycles. The number of halogens is 2. The third kappa shape index (κ3) is 3.73. The molecule has 1 aromatic carbocycles. The first-order chi connectivity index (χ1) is 8.69. The van der Waals surface area contributed by atoms with Crippen molar-refractivity contribution >= 4 is 45.8 Å². The van der Waals surface area contributed by atoms with E-state index in [0.29, 0.717) is 12.0 Å². The van der Waals surface area contributed by atoms with Crippen LogP contribution in [0.3, 0.4) is 0 Å². The highest BCUT2D eigenvalue weighted by Crippen LogP contribution is 2.23. The molecule has 0 amide bonds. The maximum atomic E-state index is 5.92. The van der Waals surface area contributed by atoms with Crippen LogP contribution in [0.15, 0.2) is 23.2 Å². The van der Waals surface area contributed by atoms with Crippen molar-refractivity contribution in [1.29, 1.82) is 0 Å². The largest absolute Gasteiger partial charge is 0.324 e. The van der Waals surface area contributed by atoms with Crippen LogP contribution in [-0.4, -0.2) is 12.0 Å². The number of benzene rings is 1. The zero-order valence-corrected chi connectivity index (χ0v) is 12.8. The quantitative estimate of drug-likeness (QED) is 0.244.